The van der Waals surface area contributed by atoms with Crippen molar-refractivity contribution in [2.45, 2.75) is 25.2 Å². The molecule has 0 saturated heterocycles. The van der Waals surface area contributed by atoms with Gasteiger partial charge >= 0.3 is 5.97 Å². The number of carboxylic acid groups (broad SMARTS) is 1. The molecule has 7 nitrogen and oxygen atoms in total. The van der Waals surface area contributed by atoms with Crippen molar-refractivity contribution in [3.8, 4) is 0 Å². The van der Waals surface area contributed by atoms with Gasteiger partial charge in [0.2, 0.25) is 15.9 Å². The van der Waals surface area contributed by atoms with E-state index in [4.69, 9.17) is 5.11 Å². The van der Waals surface area contributed by atoms with Crippen LogP contribution >= 0.6 is 0 Å². The van der Waals surface area contributed by atoms with Gasteiger partial charge in [0, 0.05) is 20.0 Å². The smallest absolute Gasteiger partial charge is 0.335 e. The summed E-state index contributed by atoms with van der Waals surface area (Å²) in [5.74, 6) is -1.44. The third kappa shape index (κ3) is 4.83. The Balaban J connectivity index is 2.97. The molecule has 0 fully saturated rings. The van der Waals surface area contributed by atoms with E-state index in [1.807, 2.05) is 0 Å². The summed E-state index contributed by atoms with van der Waals surface area (Å²) in [6.07, 6.45) is 0.460. The lowest BCUT2D eigenvalue weighted by atomic mass is 10.1. The Labute approximate surface area is 123 Å². The number of carbonyl (C=O) groups is 2. The van der Waals surface area contributed by atoms with Gasteiger partial charge in [0.05, 0.1) is 10.5 Å². The first-order valence-corrected chi connectivity index (χ1v) is 7.86. The Morgan fingerprint density at radius 2 is 1.90 bits per heavy atom. The summed E-state index contributed by atoms with van der Waals surface area (Å²) >= 11 is 0. The van der Waals surface area contributed by atoms with Crippen molar-refractivity contribution < 1.29 is 23.1 Å². The molecule has 0 saturated carbocycles. The summed E-state index contributed by atoms with van der Waals surface area (Å²) < 4.78 is 26.8. The molecule has 21 heavy (non-hydrogen) atoms. The third-order valence-electron chi connectivity index (χ3n) is 2.78. The molecule has 0 heterocycles. The van der Waals surface area contributed by atoms with Crippen LogP contribution in [0.25, 0.3) is 0 Å². The molecular weight excluding hydrogens is 296 g/mol. The molecule has 1 rings (SSSR count). The average molecular weight is 314 g/mol. The average Bonchev–Trinajstić information content (AvgIpc) is 2.42. The summed E-state index contributed by atoms with van der Waals surface area (Å²) in [6, 6.07) is 4.01. The Kier molecular flexibility index (Phi) is 5.86. The van der Waals surface area contributed by atoms with Crippen LogP contribution in [0.2, 0.25) is 0 Å². The fourth-order valence-electron chi connectivity index (χ4n) is 1.73. The second-order valence-electron chi connectivity index (χ2n) is 4.36. The molecule has 0 bridgehead atoms. The quantitative estimate of drug-likeness (QED) is 0.629. The molecule has 0 aliphatic heterocycles. The molecule has 0 aliphatic rings. The van der Waals surface area contributed by atoms with E-state index in [0.29, 0.717) is 12.0 Å². The van der Waals surface area contributed by atoms with Crippen LogP contribution in [0.15, 0.2) is 23.1 Å². The van der Waals surface area contributed by atoms with Crippen molar-refractivity contribution >= 4 is 21.9 Å². The minimum absolute atomic E-state index is 0.0301. The Hall–Kier alpha value is -1.93. The van der Waals surface area contributed by atoms with Crippen molar-refractivity contribution in [1.82, 2.24) is 10.0 Å². The molecule has 1 aromatic carbocycles. The van der Waals surface area contributed by atoms with Crippen LogP contribution in [0.1, 0.15) is 29.8 Å². The van der Waals surface area contributed by atoms with E-state index in [1.165, 1.54) is 19.1 Å². The molecule has 8 heteroatoms. The molecule has 116 valence electrons. The van der Waals surface area contributed by atoms with Gasteiger partial charge in [0.25, 0.3) is 0 Å². The second kappa shape index (κ2) is 7.19. The van der Waals surface area contributed by atoms with Crippen LogP contribution in [-0.2, 0) is 21.2 Å². The lowest BCUT2D eigenvalue weighted by Crippen LogP contribution is -2.34. The molecule has 0 unspecified atom stereocenters. The van der Waals surface area contributed by atoms with Crippen molar-refractivity contribution in [3.05, 3.63) is 29.3 Å². The number of benzene rings is 1. The maximum absolute atomic E-state index is 12.2. The number of rotatable bonds is 7. The van der Waals surface area contributed by atoms with E-state index in [0.717, 1.165) is 6.07 Å². The Bertz CT molecular complexity index is 640. The molecule has 0 atom stereocenters. The van der Waals surface area contributed by atoms with Crippen LogP contribution in [0.3, 0.4) is 0 Å². The SMILES string of the molecule is CCc1ccc(C(=O)O)cc1S(=O)(=O)NCCNC(C)=O. The number of aryl methyl sites for hydroxylation is 1. The highest BCUT2D eigenvalue weighted by atomic mass is 32.2. The van der Waals surface area contributed by atoms with Gasteiger partial charge in [-0.1, -0.05) is 13.0 Å². The lowest BCUT2D eigenvalue weighted by Gasteiger charge is -2.11. The van der Waals surface area contributed by atoms with E-state index in [1.54, 1.807) is 6.92 Å². The van der Waals surface area contributed by atoms with E-state index in [-0.39, 0.29) is 29.5 Å². The van der Waals surface area contributed by atoms with E-state index in [2.05, 4.69) is 10.0 Å². The first kappa shape index (κ1) is 17.1. The summed E-state index contributed by atoms with van der Waals surface area (Å²) in [5.41, 5.74) is 0.446. The van der Waals surface area contributed by atoms with Gasteiger partial charge in [0.15, 0.2) is 0 Å². The molecule has 1 amide bonds. The van der Waals surface area contributed by atoms with Crippen LogP contribution in [0, 0.1) is 0 Å². The maximum atomic E-state index is 12.2. The van der Waals surface area contributed by atoms with Gasteiger partial charge in [-0.3, -0.25) is 4.79 Å². The molecular formula is C13H18N2O5S. The highest BCUT2D eigenvalue weighted by molar-refractivity contribution is 7.89. The predicted molar refractivity (Wildman–Crippen MR) is 76.7 cm³/mol. The van der Waals surface area contributed by atoms with E-state index in [9.17, 15) is 18.0 Å². The minimum atomic E-state index is -3.82. The zero-order valence-electron chi connectivity index (χ0n) is 11.8. The first-order chi connectivity index (χ1) is 9.77. The number of nitrogens with one attached hydrogen (secondary N) is 2. The van der Waals surface area contributed by atoms with Gasteiger partial charge in [0.1, 0.15) is 0 Å². The van der Waals surface area contributed by atoms with E-state index < -0.39 is 16.0 Å². The minimum Gasteiger partial charge on any atom is -0.478 e. The summed E-state index contributed by atoms with van der Waals surface area (Å²) in [4.78, 5) is 21.6. The number of hydrogen-bond donors (Lipinski definition) is 3. The molecule has 0 aromatic heterocycles. The fourth-order valence-corrected chi connectivity index (χ4v) is 3.10. The standard InChI is InChI=1S/C13H18N2O5S/c1-3-10-4-5-11(13(17)18)8-12(10)21(19,20)15-7-6-14-9(2)16/h4-5,8,15H,3,6-7H2,1-2H3,(H,14,16)(H,17,18). The Morgan fingerprint density at radius 1 is 1.24 bits per heavy atom. The normalized spacial score (nSPS) is 11.1. The van der Waals surface area contributed by atoms with Crippen LogP contribution in [0.4, 0.5) is 0 Å². The van der Waals surface area contributed by atoms with Gasteiger partial charge < -0.3 is 10.4 Å². The molecule has 3 N–H and O–H groups in total. The number of carbonyl (C=O) groups excluding carboxylic acids is 1. The fraction of sp³-hybridized carbons (Fsp3) is 0.385. The predicted octanol–water partition coefficient (Wildman–Crippen LogP) is 0.362. The van der Waals surface area contributed by atoms with Gasteiger partial charge in [-0.15, -0.1) is 0 Å². The van der Waals surface area contributed by atoms with Crippen molar-refractivity contribution in [1.29, 1.82) is 0 Å². The second-order valence-corrected chi connectivity index (χ2v) is 6.10. The molecule has 1 aromatic rings. The van der Waals surface area contributed by atoms with Crippen LogP contribution in [0.5, 0.6) is 0 Å². The summed E-state index contributed by atoms with van der Waals surface area (Å²) in [7, 11) is -3.82. The van der Waals surface area contributed by atoms with Gasteiger partial charge in [-0.2, -0.15) is 0 Å². The van der Waals surface area contributed by atoms with Crippen molar-refractivity contribution in [2.75, 3.05) is 13.1 Å². The van der Waals surface area contributed by atoms with Gasteiger partial charge in [-0.05, 0) is 24.1 Å². The molecule has 0 radical (unpaired) electrons. The highest BCUT2D eigenvalue weighted by Crippen LogP contribution is 2.18. The number of aromatic carboxylic acids is 1. The monoisotopic (exact) mass is 314 g/mol. The van der Waals surface area contributed by atoms with Crippen molar-refractivity contribution in [3.63, 3.8) is 0 Å². The van der Waals surface area contributed by atoms with E-state index >= 15 is 0 Å². The zero-order valence-corrected chi connectivity index (χ0v) is 12.7. The van der Waals surface area contributed by atoms with Crippen molar-refractivity contribution in [2.24, 2.45) is 0 Å². The lowest BCUT2D eigenvalue weighted by molar-refractivity contribution is -0.118. The summed E-state index contributed by atoms with van der Waals surface area (Å²) in [6.45, 7) is 3.31. The number of amides is 1. The van der Waals surface area contributed by atoms with Crippen LogP contribution < -0.4 is 10.0 Å². The number of carboxylic acids is 1. The number of sulfonamides is 1. The highest BCUT2D eigenvalue weighted by Gasteiger charge is 2.19. The maximum Gasteiger partial charge on any atom is 0.335 e. The van der Waals surface area contributed by atoms with Crippen LogP contribution in [-0.4, -0.2) is 38.5 Å². The molecule has 0 aliphatic carbocycles. The van der Waals surface area contributed by atoms with Gasteiger partial charge in [-0.25, -0.2) is 17.9 Å². The number of hydrogen-bond acceptors (Lipinski definition) is 4. The third-order valence-corrected chi connectivity index (χ3v) is 4.32. The summed E-state index contributed by atoms with van der Waals surface area (Å²) in [5, 5.41) is 11.4. The Morgan fingerprint density at radius 3 is 2.43 bits per heavy atom. The topological polar surface area (TPSA) is 113 Å². The largest absolute Gasteiger partial charge is 0.478 e. The zero-order chi connectivity index (χ0) is 16.0. The first-order valence-electron chi connectivity index (χ1n) is 6.38. The molecule has 0 spiro atoms.